The summed E-state index contributed by atoms with van der Waals surface area (Å²) in [6, 6.07) is 26.4. The van der Waals surface area contributed by atoms with E-state index in [1.165, 1.54) is 0 Å². The highest BCUT2D eigenvalue weighted by Gasteiger charge is 2.23. The van der Waals surface area contributed by atoms with Crippen LogP contribution in [0.25, 0.3) is 27.7 Å². The number of nitrogens with zero attached hydrogens (tertiary/aromatic N) is 2. The van der Waals surface area contributed by atoms with Gasteiger partial charge in [-0.2, -0.15) is 0 Å². The zero-order valence-electron chi connectivity index (χ0n) is 15.9. The van der Waals surface area contributed by atoms with Gasteiger partial charge in [0.1, 0.15) is 5.75 Å². The number of fused-ring (bicyclic) bond motifs is 3. The van der Waals surface area contributed by atoms with Gasteiger partial charge in [-0.15, -0.1) is 0 Å². The average molecular weight is 413 g/mol. The van der Waals surface area contributed by atoms with Crippen molar-refractivity contribution in [3.8, 4) is 16.9 Å². The van der Waals surface area contributed by atoms with Crippen molar-refractivity contribution in [3.05, 3.63) is 112 Å². The van der Waals surface area contributed by atoms with Crippen molar-refractivity contribution in [2.24, 2.45) is 0 Å². The van der Waals surface area contributed by atoms with Gasteiger partial charge in [-0.3, -0.25) is 9.20 Å². The lowest BCUT2D eigenvalue weighted by atomic mass is 9.98. The Kier molecular flexibility index (Phi) is 4.49. The van der Waals surface area contributed by atoms with Crippen molar-refractivity contribution in [2.45, 2.75) is 6.42 Å². The fourth-order valence-electron chi connectivity index (χ4n) is 3.88. The molecule has 0 bridgehead atoms. The van der Waals surface area contributed by atoms with Crippen LogP contribution in [-0.2, 0) is 6.42 Å². The van der Waals surface area contributed by atoms with Gasteiger partial charge in [-0.1, -0.05) is 84.4 Å². The molecule has 0 spiro atoms. The minimum absolute atomic E-state index is 0.0611. The second-order valence-electron chi connectivity index (χ2n) is 7.11. The number of hydrogen-bond donors (Lipinski definition) is 1. The highest BCUT2D eigenvalue weighted by molar-refractivity contribution is 6.34. The van der Waals surface area contributed by atoms with Crippen LogP contribution < -0.4 is 5.56 Å². The molecule has 5 rings (SSSR count). The van der Waals surface area contributed by atoms with Crippen molar-refractivity contribution in [2.75, 3.05) is 0 Å². The summed E-state index contributed by atoms with van der Waals surface area (Å²) < 4.78 is 1.57. The molecule has 0 amide bonds. The lowest BCUT2D eigenvalue weighted by Gasteiger charge is -2.17. The second kappa shape index (κ2) is 7.32. The average Bonchev–Trinajstić information content (AvgIpc) is 2.78. The number of para-hydroxylation sites is 2. The minimum Gasteiger partial charge on any atom is -0.507 e. The van der Waals surface area contributed by atoms with Gasteiger partial charge in [0.25, 0.3) is 5.56 Å². The molecule has 0 radical (unpaired) electrons. The lowest BCUT2D eigenvalue weighted by molar-refractivity contribution is 0.470. The van der Waals surface area contributed by atoms with Crippen molar-refractivity contribution in [1.82, 2.24) is 9.38 Å². The summed E-state index contributed by atoms with van der Waals surface area (Å²) in [7, 11) is 0. The van der Waals surface area contributed by atoms with E-state index in [9.17, 15) is 9.90 Å². The Balaban J connectivity index is 1.96. The number of rotatable bonds is 3. The maximum atomic E-state index is 13.6. The fourth-order valence-corrected chi connectivity index (χ4v) is 4.15. The molecule has 2 aromatic heterocycles. The molecule has 0 aliphatic rings. The zero-order valence-corrected chi connectivity index (χ0v) is 16.7. The summed E-state index contributed by atoms with van der Waals surface area (Å²) in [4.78, 5) is 18.1. The second-order valence-corrected chi connectivity index (χ2v) is 7.47. The third kappa shape index (κ3) is 2.93. The largest absolute Gasteiger partial charge is 0.507 e. The van der Waals surface area contributed by atoms with Gasteiger partial charge in [0.15, 0.2) is 5.15 Å². The first-order valence-electron chi connectivity index (χ1n) is 9.59. The van der Waals surface area contributed by atoms with E-state index in [1.807, 2.05) is 84.9 Å². The summed E-state index contributed by atoms with van der Waals surface area (Å²) in [6.45, 7) is 0. The maximum Gasteiger partial charge on any atom is 0.263 e. The predicted molar refractivity (Wildman–Crippen MR) is 120 cm³/mol. The number of benzene rings is 3. The van der Waals surface area contributed by atoms with Gasteiger partial charge in [-0.05, 0) is 23.3 Å². The highest BCUT2D eigenvalue weighted by Crippen LogP contribution is 2.38. The Bertz CT molecular complexity index is 1450. The van der Waals surface area contributed by atoms with Crippen LogP contribution >= 0.6 is 11.6 Å². The number of hydrogen-bond acceptors (Lipinski definition) is 3. The van der Waals surface area contributed by atoms with Gasteiger partial charge in [0, 0.05) is 6.42 Å². The molecule has 3 aromatic carbocycles. The number of aromatic nitrogens is 2. The number of halogens is 1. The molecule has 0 atom stereocenters. The van der Waals surface area contributed by atoms with E-state index in [1.54, 1.807) is 4.40 Å². The molecule has 0 saturated heterocycles. The maximum absolute atomic E-state index is 13.6. The van der Waals surface area contributed by atoms with E-state index in [-0.39, 0.29) is 16.5 Å². The summed E-state index contributed by atoms with van der Waals surface area (Å²) in [5.41, 5.74) is 3.90. The Labute approximate surface area is 177 Å². The molecular weight excluding hydrogens is 396 g/mol. The van der Waals surface area contributed by atoms with Crippen LogP contribution in [0.4, 0.5) is 0 Å². The van der Waals surface area contributed by atoms with Gasteiger partial charge in [0.2, 0.25) is 0 Å². The molecule has 0 aliphatic carbocycles. The standard InChI is InChI=1S/C25H17ClN2O2/c26-24-22-21(17-11-5-2-6-12-17)23(29)18(15-16-9-3-1-4-10-16)25(30)28(22)20-14-8-7-13-19(20)27-24/h1-14,29H,15H2. The summed E-state index contributed by atoms with van der Waals surface area (Å²) in [5.74, 6) is -0.0611. The predicted octanol–water partition coefficient (Wildman–Crippen LogP) is 5.46. The van der Waals surface area contributed by atoms with Crippen molar-refractivity contribution in [3.63, 3.8) is 0 Å². The summed E-state index contributed by atoms with van der Waals surface area (Å²) >= 11 is 6.57. The van der Waals surface area contributed by atoms with E-state index in [4.69, 9.17) is 11.6 Å². The topological polar surface area (TPSA) is 54.6 Å². The number of pyridine rings is 1. The van der Waals surface area contributed by atoms with Crippen molar-refractivity contribution < 1.29 is 5.11 Å². The molecule has 0 fully saturated rings. The fraction of sp³-hybridized carbons (Fsp3) is 0.0400. The molecule has 5 aromatic rings. The van der Waals surface area contributed by atoms with Crippen LogP contribution in [0.2, 0.25) is 5.15 Å². The van der Waals surface area contributed by atoms with Gasteiger partial charge >= 0.3 is 0 Å². The van der Waals surface area contributed by atoms with Crippen LogP contribution in [0, 0.1) is 0 Å². The van der Waals surface area contributed by atoms with E-state index in [0.29, 0.717) is 34.1 Å². The van der Waals surface area contributed by atoms with Crippen molar-refractivity contribution in [1.29, 1.82) is 0 Å². The van der Waals surface area contributed by atoms with E-state index in [2.05, 4.69) is 4.98 Å². The molecule has 146 valence electrons. The monoisotopic (exact) mass is 412 g/mol. The van der Waals surface area contributed by atoms with Crippen LogP contribution in [0.1, 0.15) is 11.1 Å². The first-order chi connectivity index (χ1) is 14.6. The van der Waals surface area contributed by atoms with Crippen LogP contribution in [0.3, 0.4) is 0 Å². The van der Waals surface area contributed by atoms with Crippen molar-refractivity contribution >= 4 is 28.2 Å². The quantitative estimate of drug-likeness (QED) is 0.400. The normalized spacial score (nSPS) is 11.2. The van der Waals surface area contributed by atoms with Gasteiger partial charge in [0.05, 0.1) is 27.7 Å². The molecule has 1 N–H and O–H groups in total. The summed E-state index contributed by atoms with van der Waals surface area (Å²) in [6.07, 6.45) is 0.308. The van der Waals surface area contributed by atoms with E-state index in [0.717, 1.165) is 11.1 Å². The molecular formula is C25H17ClN2O2. The Morgan fingerprint density at radius 2 is 1.50 bits per heavy atom. The molecule has 4 nitrogen and oxygen atoms in total. The molecule has 0 aliphatic heterocycles. The lowest BCUT2D eigenvalue weighted by Crippen LogP contribution is -2.21. The van der Waals surface area contributed by atoms with E-state index >= 15 is 0 Å². The van der Waals surface area contributed by atoms with Gasteiger partial charge in [-0.25, -0.2) is 4.98 Å². The molecule has 0 unspecified atom stereocenters. The third-order valence-corrected chi connectivity index (χ3v) is 5.53. The third-order valence-electron chi connectivity index (χ3n) is 5.27. The first-order valence-corrected chi connectivity index (χ1v) is 9.97. The SMILES string of the molecule is O=c1c(Cc2ccccc2)c(O)c(-c2ccccc2)c2c(Cl)nc3ccccc3n12. The molecule has 2 heterocycles. The molecule has 30 heavy (non-hydrogen) atoms. The number of aromatic hydroxyl groups is 1. The Morgan fingerprint density at radius 1 is 0.867 bits per heavy atom. The summed E-state index contributed by atoms with van der Waals surface area (Å²) in [5, 5.41) is 11.5. The van der Waals surface area contributed by atoms with Crippen LogP contribution in [0.15, 0.2) is 89.7 Å². The first kappa shape index (κ1) is 18.4. The van der Waals surface area contributed by atoms with Crippen LogP contribution in [-0.4, -0.2) is 14.5 Å². The Hall–Kier alpha value is -3.63. The molecule has 0 saturated carbocycles. The molecule has 5 heteroatoms. The highest BCUT2D eigenvalue weighted by atomic mass is 35.5. The minimum atomic E-state index is -0.300. The van der Waals surface area contributed by atoms with E-state index < -0.39 is 0 Å². The Morgan fingerprint density at radius 3 is 2.23 bits per heavy atom. The zero-order chi connectivity index (χ0) is 20.7. The smallest absolute Gasteiger partial charge is 0.263 e. The van der Waals surface area contributed by atoms with Crippen LogP contribution in [0.5, 0.6) is 5.75 Å². The van der Waals surface area contributed by atoms with Gasteiger partial charge < -0.3 is 5.11 Å².